The van der Waals surface area contributed by atoms with Crippen molar-refractivity contribution >= 4 is 5.91 Å². The number of nitrogens with zero attached hydrogens (tertiary/aromatic N) is 1. The minimum Gasteiger partial charge on any atom is -0.377 e. The van der Waals surface area contributed by atoms with Gasteiger partial charge in [-0.25, -0.2) is 0 Å². The maximum atomic E-state index is 11.5. The number of rotatable bonds is 3. The van der Waals surface area contributed by atoms with Crippen LogP contribution in [-0.4, -0.2) is 37.1 Å². The average Bonchev–Trinajstić information content (AvgIpc) is 1.81. The van der Waals surface area contributed by atoms with Gasteiger partial charge in [0, 0.05) is 13.5 Å². The molecule has 70 valence electrons. The summed E-state index contributed by atoms with van der Waals surface area (Å²) in [6.45, 7) is 5.53. The van der Waals surface area contributed by atoms with E-state index in [0.717, 1.165) is 0 Å². The van der Waals surface area contributed by atoms with Gasteiger partial charge in [-0.2, -0.15) is 0 Å². The van der Waals surface area contributed by atoms with Crippen LogP contribution in [0.15, 0.2) is 0 Å². The molecule has 1 saturated heterocycles. The number of hydrogen-bond acceptors (Lipinski definition) is 2. The van der Waals surface area contributed by atoms with Crippen LogP contribution < -0.4 is 0 Å². The highest BCUT2D eigenvalue weighted by molar-refractivity contribution is 5.76. The third-order valence-corrected chi connectivity index (χ3v) is 2.14. The molecule has 0 saturated carbocycles. The van der Waals surface area contributed by atoms with Crippen LogP contribution in [0.1, 0.15) is 20.3 Å². The fraction of sp³-hybridized carbons (Fsp3) is 0.889. The molecule has 12 heavy (non-hydrogen) atoms. The predicted octanol–water partition coefficient (Wildman–Crippen LogP) is 0.890. The predicted molar refractivity (Wildman–Crippen MR) is 46.8 cm³/mol. The highest BCUT2D eigenvalue weighted by Gasteiger charge is 2.26. The quantitative estimate of drug-likeness (QED) is 0.631. The van der Waals surface area contributed by atoms with Crippen molar-refractivity contribution in [3.05, 3.63) is 0 Å². The summed E-state index contributed by atoms with van der Waals surface area (Å²) in [5.41, 5.74) is 0. The number of carbonyl (C=O) groups excluding carboxylic acids is 1. The van der Waals surface area contributed by atoms with Crippen molar-refractivity contribution in [1.29, 1.82) is 0 Å². The van der Waals surface area contributed by atoms with Crippen LogP contribution in [0.5, 0.6) is 0 Å². The summed E-state index contributed by atoms with van der Waals surface area (Å²) in [7, 11) is 1.86. The lowest BCUT2D eigenvalue weighted by Crippen LogP contribution is -2.49. The second-order valence-corrected chi connectivity index (χ2v) is 3.79. The second-order valence-electron chi connectivity index (χ2n) is 3.79. The van der Waals surface area contributed by atoms with Gasteiger partial charge >= 0.3 is 0 Å². The van der Waals surface area contributed by atoms with E-state index in [-0.39, 0.29) is 5.91 Å². The van der Waals surface area contributed by atoms with Gasteiger partial charge in [0.2, 0.25) is 5.91 Å². The maximum absolute atomic E-state index is 11.5. The molecule has 3 nitrogen and oxygen atoms in total. The van der Waals surface area contributed by atoms with Crippen LogP contribution in [-0.2, 0) is 9.53 Å². The summed E-state index contributed by atoms with van der Waals surface area (Å²) < 4.78 is 5.02. The largest absolute Gasteiger partial charge is 0.377 e. The molecule has 0 unspecified atom stereocenters. The molecule has 0 aromatic rings. The minimum atomic E-state index is 0.235. The molecule has 1 rings (SSSR count). The molecular formula is C9H17NO2. The second kappa shape index (κ2) is 3.90. The first kappa shape index (κ1) is 9.52. The Bertz CT molecular complexity index is 164. The van der Waals surface area contributed by atoms with Crippen LogP contribution in [0.4, 0.5) is 0 Å². The summed E-state index contributed by atoms with van der Waals surface area (Å²) in [6, 6.07) is 0.330. The molecule has 0 aromatic heterocycles. The van der Waals surface area contributed by atoms with Crippen molar-refractivity contribution in [2.24, 2.45) is 5.92 Å². The van der Waals surface area contributed by atoms with Gasteiger partial charge in [0.1, 0.15) is 0 Å². The van der Waals surface area contributed by atoms with Crippen molar-refractivity contribution in [3.63, 3.8) is 0 Å². The first-order valence-corrected chi connectivity index (χ1v) is 4.44. The topological polar surface area (TPSA) is 29.5 Å². The van der Waals surface area contributed by atoms with Crippen LogP contribution >= 0.6 is 0 Å². The molecule has 0 radical (unpaired) electrons. The van der Waals surface area contributed by atoms with E-state index in [1.165, 1.54) is 0 Å². The smallest absolute Gasteiger partial charge is 0.222 e. The highest BCUT2D eigenvalue weighted by Crippen LogP contribution is 2.11. The van der Waals surface area contributed by atoms with Gasteiger partial charge in [0.15, 0.2) is 0 Å². The molecule has 0 bridgehead atoms. The van der Waals surface area contributed by atoms with E-state index < -0.39 is 0 Å². The number of ether oxygens (including phenoxy) is 1. The van der Waals surface area contributed by atoms with Crippen molar-refractivity contribution in [2.75, 3.05) is 20.3 Å². The van der Waals surface area contributed by atoms with Crippen LogP contribution in [0.3, 0.4) is 0 Å². The van der Waals surface area contributed by atoms with Crippen molar-refractivity contribution < 1.29 is 9.53 Å². The Labute approximate surface area is 73.7 Å². The Morgan fingerprint density at radius 1 is 1.58 bits per heavy atom. The van der Waals surface area contributed by atoms with Gasteiger partial charge in [0.05, 0.1) is 19.3 Å². The maximum Gasteiger partial charge on any atom is 0.222 e. The molecule has 1 heterocycles. The lowest BCUT2D eigenvalue weighted by atomic mass is 10.1. The zero-order chi connectivity index (χ0) is 9.14. The fourth-order valence-corrected chi connectivity index (χ4v) is 1.14. The Balaban J connectivity index is 2.30. The fourth-order valence-electron chi connectivity index (χ4n) is 1.14. The molecule has 0 N–H and O–H groups in total. The first-order chi connectivity index (χ1) is 5.61. The molecule has 1 aliphatic heterocycles. The average molecular weight is 171 g/mol. The normalized spacial score (nSPS) is 17.7. The van der Waals surface area contributed by atoms with E-state index >= 15 is 0 Å². The SMILES string of the molecule is CC(C)CC(=O)N(C)C1COC1. The standard InChI is InChI=1S/C9H17NO2/c1-7(2)4-9(11)10(3)8-5-12-6-8/h7-8H,4-6H2,1-3H3. The van der Waals surface area contributed by atoms with E-state index in [9.17, 15) is 4.79 Å². The van der Waals surface area contributed by atoms with Gasteiger partial charge < -0.3 is 9.64 Å². The molecular weight excluding hydrogens is 154 g/mol. The third-order valence-electron chi connectivity index (χ3n) is 2.14. The zero-order valence-corrected chi connectivity index (χ0v) is 8.04. The Morgan fingerprint density at radius 3 is 2.50 bits per heavy atom. The van der Waals surface area contributed by atoms with Crippen molar-refractivity contribution in [3.8, 4) is 0 Å². The first-order valence-electron chi connectivity index (χ1n) is 4.44. The summed E-state index contributed by atoms with van der Waals surface area (Å²) >= 11 is 0. The molecule has 0 atom stereocenters. The number of carbonyl (C=O) groups is 1. The third kappa shape index (κ3) is 2.21. The molecule has 0 spiro atoms. The number of amides is 1. The van der Waals surface area contributed by atoms with E-state index in [0.29, 0.717) is 31.6 Å². The van der Waals surface area contributed by atoms with Crippen molar-refractivity contribution in [2.45, 2.75) is 26.3 Å². The Kier molecular flexibility index (Phi) is 3.09. The summed E-state index contributed by atoms with van der Waals surface area (Å²) in [5, 5.41) is 0. The summed E-state index contributed by atoms with van der Waals surface area (Å²) in [6.07, 6.45) is 0.646. The lowest BCUT2D eigenvalue weighted by molar-refractivity contribution is -0.142. The van der Waals surface area contributed by atoms with Gasteiger partial charge in [-0.15, -0.1) is 0 Å². The molecule has 1 fully saturated rings. The molecule has 3 heteroatoms. The van der Waals surface area contributed by atoms with Gasteiger partial charge in [-0.05, 0) is 5.92 Å². The van der Waals surface area contributed by atoms with E-state index in [2.05, 4.69) is 13.8 Å². The highest BCUT2D eigenvalue weighted by atomic mass is 16.5. The lowest BCUT2D eigenvalue weighted by Gasteiger charge is -2.34. The van der Waals surface area contributed by atoms with Crippen molar-refractivity contribution in [1.82, 2.24) is 4.90 Å². The van der Waals surface area contributed by atoms with Crippen LogP contribution in [0, 0.1) is 5.92 Å². The van der Waals surface area contributed by atoms with Gasteiger partial charge in [0.25, 0.3) is 0 Å². The number of hydrogen-bond donors (Lipinski definition) is 0. The van der Waals surface area contributed by atoms with Gasteiger partial charge in [-0.3, -0.25) is 4.79 Å². The molecule has 0 aliphatic carbocycles. The minimum absolute atomic E-state index is 0.235. The summed E-state index contributed by atoms with van der Waals surface area (Å²) in [5.74, 6) is 0.680. The van der Waals surface area contributed by atoms with E-state index in [1.54, 1.807) is 0 Å². The zero-order valence-electron chi connectivity index (χ0n) is 8.04. The van der Waals surface area contributed by atoms with E-state index in [1.807, 2.05) is 11.9 Å². The van der Waals surface area contributed by atoms with E-state index in [4.69, 9.17) is 4.74 Å². The monoisotopic (exact) mass is 171 g/mol. The van der Waals surface area contributed by atoms with Gasteiger partial charge in [-0.1, -0.05) is 13.8 Å². The van der Waals surface area contributed by atoms with Crippen LogP contribution in [0.2, 0.25) is 0 Å². The molecule has 1 amide bonds. The molecule has 0 aromatic carbocycles. The molecule has 1 aliphatic rings. The Morgan fingerprint density at radius 2 is 2.17 bits per heavy atom. The summed E-state index contributed by atoms with van der Waals surface area (Å²) in [4.78, 5) is 13.3. The number of likely N-dealkylation sites (N-methyl/N-ethyl adjacent to an activating group) is 1. The Hall–Kier alpha value is -0.570. The van der Waals surface area contributed by atoms with Crippen LogP contribution in [0.25, 0.3) is 0 Å².